The van der Waals surface area contributed by atoms with E-state index in [1.54, 1.807) is 32.1 Å². The molecule has 9 nitrogen and oxygen atoms in total. The lowest BCUT2D eigenvalue weighted by Crippen LogP contribution is -2.44. The summed E-state index contributed by atoms with van der Waals surface area (Å²) in [4.78, 5) is 37.0. The number of guanidine groups is 2. The minimum Gasteiger partial charge on any atom is -0.442 e. The van der Waals surface area contributed by atoms with E-state index in [9.17, 15) is 14.4 Å². The monoisotopic (exact) mass is 440 g/mol. The van der Waals surface area contributed by atoms with Gasteiger partial charge in [-0.05, 0) is 38.5 Å². The summed E-state index contributed by atoms with van der Waals surface area (Å²) in [5.41, 5.74) is 0.455. The highest BCUT2D eigenvalue weighted by Gasteiger charge is 2.43. The molecule has 1 aliphatic heterocycles. The second-order valence-electron chi connectivity index (χ2n) is 6.10. The zero-order chi connectivity index (χ0) is 21.6. The van der Waals surface area contributed by atoms with Crippen molar-refractivity contribution in [3.63, 3.8) is 0 Å². The maximum atomic E-state index is 12.0. The molecule has 0 atom stereocenters. The molecular weight excluding hydrogens is 421 g/mol. The number of halogens is 2. The van der Waals surface area contributed by atoms with Crippen molar-refractivity contribution in [1.82, 2.24) is 20.2 Å². The summed E-state index contributed by atoms with van der Waals surface area (Å²) >= 11 is 11.9. The van der Waals surface area contributed by atoms with Crippen molar-refractivity contribution in [3.8, 4) is 0 Å². The topological polar surface area (TPSA) is 114 Å². The van der Waals surface area contributed by atoms with Crippen LogP contribution in [-0.4, -0.2) is 47.4 Å². The molecule has 1 aliphatic rings. The molecule has 0 bridgehead atoms. The Kier molecular flexibility index (Phi) is 7.67. The van der Waals surface area contributed by atoms with Gasteiger partial charge in [0.2, 0.25) is 0 Å². The number of hydrogen-bond acceptors (Lipinski definition) is 4. The molecule has 1 aromatic carbocycles. The fraction of sp³-hybridized carbons (Fsp3) is 0.278. The fourth-order valence-corrected chi connectivity index (χ4v) is 2.55. The van der Waals surface area contributed by atoms with Crippen LogP contribution in [0.2, 0.25) is 10.0 Å². The van der Waals surface area contributed by atoms with E-state index in [4.69, 9.17) is 27.9 Å². The average molecular weight is 441 g/mol. The number of carbonyl (C=O) groups is 3. The van der Waals surface area contributed by atoms with Crippen LogP contribution in [0.5, 0.6) is 0 Å². The number of nitrogens with zero attached hydrogens (tertiary/aromatic N) is 2. The van der Waals surface area contributed by atoms with E-state index in [0.717, 1.165) is 0 Å². The Balaban J connectivity index is 2.39. The van der Waals surface area contributed by atoms with E-state index in [2.05, 4.69) is 27.2 Å². The third-order valence-electron chi connectivity index (χ3n) is 3.56. The number of rotatable bonds is 5. The summed E-state index contributed by atoms with van der Waals surface area (Å²) in [6, 6.07) is 4.34. The zero-order valence-corrected chi connectivity index (χ0v) is 17.3. The van der Waals surface area contributed by atoms with Gasteiger partial charge in [-0.15, -0.1) is 6.58 Å². The predicted octanol–water partition coefficient (Wildman–Crippen LogP) is 1.85. The van der Waals surface area contributed by atoms with Crippen LogP contribution in [0.3, 0.4) is 0 Å². The molecule has 3 N–H and O–H groups in total. The maximum Gasteiger partial charge on any atom is 0.452 e. The third-order valence-corrected chi connectivity index (χ3v) is 4.30. The average Bonchev–Trinajstić information content (AvgIpc) is 2.92. The maximum absolute atomic E-state index is 12.0. The van der Waals surface area contributed by atoms with Gasteiger partial charge in [0.05, 0.1) is 28.4 Å². The Morgan fingerprint density at radius 1 is 1.34 bits per heavy atom. The highest BCUT2D eigenvalue weighted by molar-refractivity contribution is 6.45. The Bertz CT molecular complexity index is 910. The van der Waals surface area contributed by atoms with Crippen molar-refractivity contribution in [2.24, 2.45) is 0 Å². The van der Waals surface area contributed by atoms with Gasteiger partial charge in [0.1, 0.15) is 0 Å². The molecule has 0 spiro atoms. The predicted molar refractivity (Wildman–Crippen MR) is 112 cm³/mol. The molecule has 0 radical (unpaired) electrons. The van der Waals surface area contributed by atoms with Crippen LogP contribution in [-0.2, 0) is 14.3 Å². The number of anilines is 1. The Hall–Kier alpha value is -3.00. The standard InChI is InChI=1S/C18H19Cl2N5O4/c1-4-5-8-29-18(28)24-16(21-11-6-7-12(19)13(20)9-11)23-17-22-14(26)15(27)25(17)10(2)3/h4,6-7,9-10H,1,5,8H2,2-3H3,(H2,21,22,23,24,26,28)/p+1. The summed E-state index contributed by atoms with van der Waals surface area (Å²) in [5.74, 6) is -1.70. The number of benzene rings is 1. The minimum atomic E-state index is -0.820. The number of nitrogens with one attached hydrogen (secondary N) is 3. The molecule has 1 saturated heterocycles. The number of ether oxygens (including phenoxy) is 1. The van der Waals surface area contributed by atoms with E-state index in [0.29, 0.717) is 17.1 Å². The van der Waals surface area contributed by atoms with Crippen LogP contribution in [0, 0.1) is 0 Å². The molecule has 3 amide bonds. The molecule has 0 unspecified atom stereocenters. The first-order valence-electron chi connectivity index (χ1n) is 8.59. The molecular formula is C18H20Cl2N5O4+. The lowest BCUT2D eigenvalue weighted by Gasteiger charge is -2.12. The minimum absolute atomic E-state index is 0.0380. The highest BCUT2D eigenvalue weighted by atomic mass is 35.5. The zero-order valence-electron chi connectivity index (χ0n) is 15.8. The summed E-state index contributed by atoms with van der Waals surface area (Å²) < 4.78 is 9.19. The molecule has 154 valence electrons. The van der Waals surface area contributed by atoms with Gasteiger partial charge in [-0.2, -0.15) is 5.32 Å². The highest BCUT2D eigenvalue weighted by Crippen LogP contribution is 2.24. The van der Waals surface area contributed by atoms with Gasteiger partial charge in [-0.25, -0.2) is 19.7 Å². The molecule has 1 fully saturated rings. The second kappa shape index (κ2) is 9.97. The number of alkyl carbamates (subject to hydrolysis) is 1. The Morgan fingerprint density at radius 3 is 2.69 bits per heavy atom. The summed E-state index contributed by atoms with van der Waals surface area (Å²) in [7, 11) is 0. The van der Waals surface area contributed by atoms with Crippen LogP contribution in [0.4, 0.5) is 10.5 Å². The quantitative estimate of drug-likeness (QED) is 0.161. The largest absolute Gasteiger partial charge is 0.452 e. The smallest absolute Gasteiger partial charge is 0.442 e. The van der Waals surface area contributed by atoms with Gasteiger partial charge in [0.25, 0.3) is 0 Å². The van der Waals surface area contributed by atoms with E-state index < -0.39 is 17.9 Å². The summed E-state index contributed by atoms with van der Waals surface area (Å²) in [6.07, 6.45) is 1.29. The number of amides is 3. The SMILES string of the molecule is C=CCCOC(=O)NC(=[N+]=C1NC(=O)C(=O)N1C(C)C)Nc1ccc(Cl)c(Cl)c1. The molecule has 2 rings (SSSR count). The molecule has 1 aromatic rings. The lowest BCUT2D eigenvalue weighted by molar-refractivity contribution is -0.140. The van der Waals surface area contributed by atoms with E-state index in [-0.39, 0.29) is 29.6 Å². The normalized spacial score (nSPS) is 13.1. The van der Waals surface area contributed by atoms with E-state index in [1.165, 1.54) is 11.0 Å². The van der Waals surface area contributed by atoms with E-state index in [1.807, 2.05) is 0 Å². The number of hydrogen-bond donors (Lipinski definition) is 3. The Morgan fingerprint density at radius 2 is 2.07 bits per heavy atom. The first-order valence-corrected chi connectivity index (χ1v) is 9.35. The molecule has 0 aromatic heterocycles. The molecule has 0 saturated carbocycles. The first-order chi connectivity index (χ1) is 13.7. The van der Waals surface area contributed by atoms with Crippen LogP contribution in [0.1, 0.15) is 20.3 Å². The molecule has 29 heavy (non-hydrogen) atoms. The van der Waals surface area contributed by atoms with Gasteiger partial charge in [0, 0.05) is 0 Å². The summed E-state index contributed by atoms with van der Waals surface area (Å²) in [5, 5.41) is 8.28. The fourth-order valence-electron chi connectivity index (χ4n) is 2.25. The van der Waals surface area contributed by atoms with Crippen molar-refractivity contribution < 1.29 is 19.1 Å². The number of carbonyl (C=O) groups excluding carboxylic acids is 3. The van der Waals surface area contributed by atoms with Crippen LogP contribution in [0.15, 0.2) is 30.9 Å². The van der Waals surface area contributed by atoms with Crippen molar-refractivity contribution in [1.29, 1.82) is 0 Å². The van der Waals surface area contributed by atoms with Crippen molar-refractivity contribution in [3.05, 3.63) is 40.9 Å². The van der Waals surface area contributed by atoms with Gasteiger partial charge in [-0.1, -0.05) is 29.3 Å². The van der Waals surface area contributed by atoms with E-state index >= 15 is 0 Å². The first kappa shape index (κ1) is 22.3. The Labute approximate surface area is 177 Å². The lowest BCUT2D eigenvalue weighted by atomic mass is 10.3. The van der Waals surface area contributed by atoms with Crippen LogP contribution >= 0.6 is 23.2 Å². The molecule has 11 heteroatoms. The van der Waals surface area contributed by atoms with Gasteiger partial charge < -0.3 is 4.74 Å². The van der Waals surface area contributed by atoms with Gasteiger partial charge >= 0.3 is 29.8 Å². The van der Waals surface area contributed by atoms with Gasteiger partial charge in [0.15, 0.2) is 0 Å². The second-order valence-corrected chi connectivity index (χ2v) is 6.91. The molecule has 1 heterocycles. The van der Waals surface area contributed by atoms with Crippen LogP contribution in [0.25, 0.3) is 0 Å². The molecule has 0 aliphatic carbocycles. The van der Waals surface area contributed by atoms with Crippen molar-refractivity contribution in [2.45, 2.75) is 26.3 Å². The van der Waals surface area contributed by atoms with Crippen LogP contribution < -0.4 is 20.6 Å². The third kappa shape index (κ3) is 5.99. The van der Waals surface area contributed by atoms with Crippen molar-refractivity contribution in [2.75, 3.05) is 11.9 Å². The van der Waals surface area contributed by atoms with Gasteiger partial charge in [-0.3, -0.25) is 14.9 Å². The summed E-state index contributed by atoms with van der Waals surface area (Å²) in [6.45, 7) is 7.11. The van der Waals surface area contributed by atoms with Crippen molar-refractivity contribution >= 4 is 58.7 Å².